The molecule has 0 radical (unpaired) electrons. The van der Waals surface area contributed by atoms with E-state index in [0.717, 1.165) is 13.1 Å². The standard InChI is InChI=1S/C27H33ClN4O5S/c1-36-16-15-32-24(19-29-27(32)38(34,35)21-23-9-5-6-10-25(23)28)20-31(12-11-30-13-17-37-18-14-30)26(33)22-7-3-2-4-8-22/h2-10,19H,11-18,20-21H2,1H3. The van der Waals surface area contributed by atoms with Crippen molar-refractivity contribution >= 4 is 27.3 Å². The van der Waals surface area contributed by atoms with E-state index >= 15 is 0 Å². The summed E-state index contributed by atoms with van der Waals surface area (Å²) in [7, 11) is -2.27. The van der Waals surface area contributed by atoms with Gasteiger partial charge in [-0.1, -0.05) is 48.0 Å². The van der Waals surface area contributed by atoms with Crippen molar-refractivity contribution in [1.82, 2.24) is 19.4 Å². The Morgan fingerprint density at radius 2 is 1.79 bits per heavy atom. The van der Waals surface area contributed by atoms with Crippen LogP contribution in [0.2, 0.25) is 5.02 Å². The number of nitrogens with zero attached hydrogens (tertiary/aromatic N) is 4. The van der Waals surface area contributed by atoms with Crippen LogP contribution in [0.25, 0.3) is 0 Å². The second-order valence-corrected chi connectivity index (χ2v) is 11.4. The van der Waals surface area contributed by atoms with E-state index in [2.05, 4.69) is 9.88 Å². The molecule has 2 heterocycles. The number of ether oxygens (including phenoxy) is 2. The Morgan fingerprint density at radius 1 is 1.08 bits per heavy atom. The molecule has 9 nitrogen and oxygen atoms in total. The van der Waals surface area contributed by atoms with Crippen molar-refractivity contribution in [3.8, 4) is 0 Å². The summed E-state index contributed by atoms with van der Waals surface area (Å²) < 4.78 is 39.2. The SMILES string of the molecule is COCCn1c(CN(CCN2CCOCC2)C(=O)c2ccccc2)cnc1S(=O)(=O)Cc1ccccc1Cl. The predicted octanol–water partition coefficient (Wildman–Crippen LogP) is 3.13. The molecule has 38 heavy (non-hydrogen) atoms. The van der Waals surface area contributed by atoms with Crippen molar-refractivity contribution in [3.63, 3.8) is 0 Å². The fourth-order valence-electron chi connectivity index (χ4n) is 4.37. The monoisotopic (exact) mass is 560 g/mol. The first-order valence-corrected chi connectivity index (χ1v) is 14.6. The normalized spacial score (nSPS) is 14.5. The lowest BCUT2D eigenvalue weighted by Gasteiger charge is -2.30. The Hall–Kier alpha value is -2.76. The fourth-order valence-corrected chi connectivity index (χ4v) is 6.20. The Labute approximate surface area is 228 Å². The summed E-state index contributed by atoms with van der Waals surface area (Å²) in [4.78, 5) is 21.8. The van der Waals surface area contributed by atoms with Gasteiger partial charge >= 0.3 is 0 Å². The third-order valence-electron chi connectivity index (χ3n) is 6.45. The summed E-state index contributed by atoms with van der Waals surface area (Å²) in [5.41, 5.74) is 1.69. The second kappa shape index (κ2) is 13.3. The van der Waals surface area contributed by atoms with E-state index in [1.807, 2.05) is 18.2 Å². The summed E-state index contributed by atoms with van der Waals surface area (Å²) in [5.74, 6) is -0.404. The molecule has 0 N–H and O–H groups in total. The number of rotatable bonds is 12. The molecule has 1 amide bonds. The molecule has 0 bridgehead atoms. The Kier molecular flexibility index (Phi) is 9.92. The third-order valence-corrected chi connectivity index (χ3v) is 8.39. The number of imidazole rings is 1. The molecule has 1 fully saturated rings. The van der Waals surface area contributed by atoms with E-state index in [4.69, 9.17) is 21.1 Å². The minimum atomic E-state index is -3.83. The van der Waals surface area contributed by atoms with Gasteiger partial charge in [-0.15, -0.1) is 0 Å². The minimum absolute atomic E-state index is 0.0650. The molecule has 1 aromatic heterocycles. The van der Waals surface area contributed by atoms with E-state index in [-0.39, 0.29) is 29.9 Å². The van der Waals surface area contributed by atoms with Gasteiger partial charge in [0, 0.05) is 50.4 Å². The molecule has 11 heteroatoms. The Morgan fingerprint density at radius 3 is 2.50 bits per heavy atom. The van der Waals surface area contributed by atoms with Crippen LogP contribution in [0.3, 0.4) is 0 Å². The highest BCUT2D eigenvalue weighted by atomic mass is 35.5. The van der Waals surface area contributed by atoms with E-state index < -0.39 is 9.84 Å². The number of carbonyl (C=O) groups excluding carboxylic acids is 1. The van der Waals surface area contributed by atoms with Gasteiger partial charge in [0.05, 0.1) is 44.0 Å². The van der Waals surface area contributed by atoms with Crippen molar-refractivity contribution in [2.24, 2.45) is 0 Å². The molecular weight excluding hydrogens is 528 g/mol. The van der Waals surface area contributed by atoms with Gasteiger partial charge < -0.3 is 18.9 Å². The Bertz CT molecular complexity index is 1310. The molecule has 0 unspecified atom stereocenters. The van der Waals surface area contributed by atoms with E-state index in [1.54, 1.807) is 53.0 Å². The third kappa shape index (κ3) is 7.21. The summed E-state index contributed by atoms with van der Waals surface area (Å²) >= 11 is 6.24. The van der Waals surface area contributed by atoms with Crippen LogP contribution >= 0.6 is 11.6 Å². The quantitative estimate of drug-likeness (QED) is 0.336. The number of aromatic nitrogens is 2. The average molecular weight is 561 g/mol. The molecular formula is C27H33ClN4O5S. The van der Waals surface area contributed by atoms with Crippen molar-refractivity contribution in [3.05, 3.63) is 82.6 Å². The maximum absolute atomic E-state index is 13.5. The number of morpholine rings is 1. The number of methoxy groups -OCH3 is 1. The molecule has 1 aliphatic heterocycles. The summed E-state index contributed by atoms with van der Waals surface area (Å²) in [6, 6.07) is 16.0. The van der Waals surface area contributed by atoms with Crippen LogP contribution in [0.1, 0.15) is 21.6 Å². The van der Waals surface area contributed by atoms with Crippen LogP contribution in [0.5, 0.6) is 0 Å². The van der Waals surface area contributed by atoms with Crippen LogP contribution in [-0.2, 0) is 38.2 Å². The number of hydrogen-bond acceptors (Lipinski definition) is 7. The molecule has 3 aromatic rings. The lowest BCUT2D eigenvalue weighted by molar-refractivity contribution is 0.0319. The summed E-state index contributed by atoms with van der Waals surface area (Å²) in [6.07, 6.45) is 1.54. The first-order chi connectivity index (χ1) is 18.4. The molecule has 4 rings (SSSR count). The number of halogens is 1. The van der Waals surface area contributed by atoms with Gasteiger partial charge in [0.1, 0.15) is 0 Å². The van der Waals surface area contributed by atoms with Gasteiger partial charge in [0.25, 0.3) is 5.91 Å². The zero-order valence-corrected chi connectivity index (χ0v) is 23.0. The highest BCUT2D eigenvalue weighted by Gasteiger charge is 2.27. The first kappa shape index (κ1) is 28.3. The molecule has 204 valence electrons. The van der Waals surface area contributed by atoms with Gasteiger partial charge in [-0.05, 0) is 23.8 Å². The van der Waals surface area contributed by atoms with E-state index in [0.29, 0.717) is 54.8 Å². The van der Waals surface area contributed by atoms with Crippen molar-refractivity contribution in [2.45, 2.75) is 24.0 Å². The number of amides is 1. The maximum Gasteiger partial charge on any atom is 0.254 e. The maximum atomic E-state index is 13.5. The van der Waals surface area contributed by atoms with Crippen molar-refractivity contribution in [1.29, 1.82) is 0 Å². The van der Waals surface area contributed by atoms with Crippen LogP contribution in [0.15, 0.2) is 66.0 Å². The lowest BCUT2D eigenvalue weighted by atomic mass is 10.2. The van der Waals surface area contributed by atoms with E-state index in [1.165, 1.54) is 6.20 Å². The zero-order chi connectivity index (χ0) is 27.0. The number of carbonyl (C=O) groups is 1. The molecule has 2 aromatic carbocycles. The summed E-state index contributed by atoms with van der Waals surface area (Å²) in [6.45, 7) is 4.89. The van der Waals surface area contributed by atoms with E-state index in [9.17, 15) is 13.2 Å². The smallest absolute Gasteiger partial charge is 0.254 e. The van der Waals surface area contributed by atoms with Gasteiger partial charge in [-0.2, -0.15) is 0 Å². The van der Waals surface area contributed by atoms with Gasteiger partial charge in [0.2, 0.25) is 15.0 Å². The number of benzene rings is 2. The lowest BCUT2D eigenvalue weighted by Crippen LogP contribution is -2.43. The average Bonchev–Trinajstić information content (AvgIpc) is 3.35. The van der Waals surface area contributed by atoms with Crippen LogP contribution in [0.4, 0.5) is 0 Å². The fraction of sp³-hybridized carbons (Fsp3) is 0.407. The molecule has 0 aliphatic carbocycles. The first-order valence-electron chi connectivity index (χ1n) is 12.5. The minimum Gasteiger partial charge on any atom is -0.383 e. The van der Waals surface area contributed by atoms with Crippen LogP contribution in [0, 0.1) is 0 Å². The number of sulfone groups is 1. The molecule has 0 spiro atoms. The van der Waals surface area contributed by atoms with Gasteiger partial charge in [-0.3, -0.25) is 9.69 Å². The van der Waals surface area contributed by atoms with Crippen LogP contribution in [-0.4, -0.2) is 86.8 Å². The molecule has 0 saturated carbocycles. The van der Waals surface area contributed by atoms with Crippen LogP contribution < -0.4 is 0 Å². The second-order valence-electron chi connectivity index (χ2n) is 9.07. The highest BCUT2D eigenvalue weighted by Crippen LogP contribution is 2.23. The van der Waals surface area contributed by atoms with Gasteiger partial charge in [0.15, 0.2) is 0 Å². The molecule has 1 saturated heterocycles. The van der Waals surface area contributed by atoms with Crippen molar-refractivity contribution in [2.75, 3.05) is 53.1 Å². The predicted molar refractivity (Wildman–Crippen MR) is 145 cm³/mol. The van der Waals surface area contributed by atoms with Gasteiger partial charge in [-0.25, -0.2) is 13.4 Å². The zero-order valence-electron chi connectivity index (χ0n) is 21.5. The molecule has 0 atom stereocenters. The largest absolute Gasteiger partial charge is 0.383 e. The highest BCUT2D eigenvalue weighted by molar-refractivity contribution is 7.90. The van der Waals surface area contributed by atoms with Crippen molar-refractivity contribution < 1.29 is 22.7 Å². The molecule has 1 aliphatic rings. The summed E-state index contributed by atoms with van der Waals surface area (Å²) in [5, 5.41) is 0.318. The Balaban J connectivity index is 1.62. The number of hydrogen-bond donors (Lipinski definition) is 0. The topological polar surface area (TPSA) is 94.0 Å².